The van der Waals surface area contributed by atoms with E-state index in [1.54, 1.807) is 0 Å². The van der Waals surface area contributed by atoms with Crippen molar-refractivity contribution < 1.29 is 9.59 Å². The number of hydrogen-bond acceptors (Lipinski definition) is 2. The largest absolute Gasteiger partial charge is 0.369 e. The molecule has 0 aliphatic heterocycles. The number of hydrogen-bond donors (Lipinski definition) is 1. The van der Waals surface area contributed by atoms with E-state index in [-0.39, 0.29) is 22.7 Å². The van der Waals surface area contributed by atoms with Gasteiger partial charge in [0.2, 0.25) is 5.91 Å². The normalized spacial score (nSPS) is 40.0. The third kappa shape index (κ3) is 1.39. The van der Waals surface area contributed by atoms with Crippen LogP contribution < -0.4 is 5.73 Å². The van der Waals surface area contributed by atoms with Gasteiger partial charge in [0.25, 0.3) is 0 Å². The molecule has 2 N–H and O–H groups in total. The van der Waals surface area contributed by atoms with E-state index in [9.17, 15) is 9.59 Å². The van der Waals surface area contributed by atoms with Crippen molar-refractivity contribution in [3.05, 3.63) is 34.9 Å². The van der Waals surface area contributed by atoms with Crippen LogP contribution in [0.1, 0.15) is 61.1 Å². The number of aryl methyl sites for hydroxylation is 1. The first-order valence-electron chi connectivity index (χ1n) is 7.81. The Kier molecular flexibility index (Phi) is 2.34. The number of fused-ring (bicyclic) bond motifs is 3. The molecule has 4 unspecified atom stereocenters. The standard InChI is InChI=1S/C18H21NO2/c1-10-4-3-5-11-12-6-7-17(2)9-18(12,8-13(17)20)15(14(10)11)16(19)21/h3-5,12,15H,6-9H2,1-2H3,(H2,19,21). The molecule has 110 valence electrons. The summed E-state index contributed by atoms with van der Waals surface area (Å²) in [5.74, 6) is 0.114. The Labute approximate surface area is 124 Å². The Balaban J connectivity index is 1.98. The third-order valence-corrected chi connectivity index (χ3v) is 6.44. The first kappa shape index (κ1) is 13.1. The highest BCUT2D eigenvalue weighted by Gasteiger charge is 2.66. The Morgan fingerprint density at radius 3 is 2.86 bits per heavy atom. The Hall–Kier alpha value is -1.64. The zero-order chi connectivity index (χ0) is 15.0. The molecule has 4 rings (SSSR count). The summed E-state index contributed by atoms with van der Waals surface area (Å²) in [5, 5.41) is 0. The second-order valence-corrected chi connectivity index (χ2v) is 7.58. The van der Waals surface area contributed by atoms with Gasteiger partial charge in [-0.2, -0.15) is 0 Å². The van der Waals surface area contributed by atoms with E-state index in [4.69, 9.17) is 5.73 Å². The van der Waals surface area contributed by atoms with Crippen molar-refractivity contribution in [2.75, 3.05) is 0 Å². The van der Waals surface area contributed by atoms with E-state index in [1.807, 2.05) is 0 Å². The molecule has 3 aliphatic rings. The van der Waals surface area contributed by atoms with Crippen LogP contribution in [0.25, 0.3) is 0 Å². The summed E-state index contributed by atoms with van der Waals surface area (Å²) in [7, 11) is 0. The van der Waals surface area contributed by atoms with Crippen LogP contribution in [-0.2, 0) is 9.59 Å². The fourth-order valence-electron chi connectivity index (χ4n) is 5.61. The summed E-state index contributed by atoms with van der Waals surface area (Å²) >= 11 is 0. The van der Waals surface area contributed by atoms with Crippen molar-refractivity contribution in [1.82, 2.24) is 0 Å². The number of ketones is 1. The maximum absolute atomic E-state index is 12.6. The lowest BCUT2D eigenvalue weighted by Gasteiger charge is -2.41. The van der Waals surface area contributed by atoms with Gasteiger partial charge in [-0.05, 0) is 48.8 Å². The van der Waals surface area contributed by atoms with Gasteiger partial charge in [0.15, 0.2) is 0 Å². The van der Waals surface area contributed by atoms with Gasteiger partial charge in [-0.25, -0.2) is 0 Å². The molecule has 3 aliphatic carbocycles. The van der Waals surface area contributed by atoms with Crippen molar-refractivity contribution in [3.8, 4) is 0 Å². The number of benzene rings is 1. The van der Waals surface area contributed by atoms with Gasteiger partial charge in [0.05, 0.1) is 5.92 Å². The molecular formula is C18H21NO2. The number of primary amides is 1. The minimum Gasteiger partial charge on any atom is -0.369 e. The monoisotopic (exact) mass is 283 g/mol. The number of rotatable bonds is 1. The molecule has 0 radical (unpaired) electrons. The highest BCUT2D eigenvalue weighted by molar-refractivity contribution is 5.93. The van der Waals surface area contributed by atoms with Crippen LogP contribution in [-0.4, -0.2) is 11.7 Å². The van der Waals surface area contributed by atoms with E-state index in [0.717, 1.165) is 30.4 Å². The molecule has 0 heterocycles. The van der Waals surface area contributed by atoms with Crippen LogP contribution in [0.4, 0.5) is 0 Å². The number of nitrogens with two attached hydrogens (primary N) is 1. The smallest absolute Gasteiger partial charge is 0.225 e. The molecule has 3 heteroatoms. The van der Waals surface area contributed by atoms with Gasteiger partial charge in [0, 0.05) is 17.3 Å². The van der Waals surface area contributed by atoms with E-state index < -0.39 is 0 Å². The lowest BCUT2D eigenvalue weighted by molar-refractivity contribution is -0.125. The van der Waals surface area contributed by atoms with E-state index >= 15 is 0 Å². The molecule has 2 bridgehead atoms. The van der Waals surface area contributed by atoms with Gasteiger partial charge in [0.1, 0.15) is 5.78 Å². The molecule has 1 amide bonds. The fourth-order valence-corrected chi connectivity index (χ4v) is 5.61. The number of carbonyl (C=O) groups is 2. The molecule has 0 aromatic heterocycles. The quantitative estimate of drug-likeness (QED) is 0.861. The molecule has 2 saturated carbocycles. The summed E-state index contributed by atoms with van der Waals surface area (Å²) in [4.78, 5) is 24.8. The van der Waals surface area contributed by atoms with Crippen LogP contribution >= 0.6 is 0 Å². The minimum atomic E-state index is -0.287. The van der Waals surface area contributed by atoms with Crippen LogP contribution in [0, 0.1) is 17.8 Å². The maximum atomic E-state index is 12.6. The summed E-state index contributed by atoms with van der Waals surface area (Å²) in [6.07, 6.45) is 3.29. The van der Waals surface area contributed by atoms with Gasteiger partial charge in [-0.1, -0.05) is 25.1 Å². The molecule has 2 fully saturated rings. The van der Waals surface area contributed by atoms with Crippen LogP contribution in [0.15, 0.2) is 18.2 Å². The molecule has 1 aromatic carbocycles. The Morgan fingerprint density at radius 2 is 2.14 bits per heavy atom. The minimum absolute atomic E-state index is 0.236. The highest BCUT2D eigenvalue weighted by atomic mass is 16.1. The van der Waals surface area contributed by atoms with Crippen LogP contribution in [0.3, 0.4) is 0 Å². The zero-order valence-electron chi connectivity index (χ0n) is 12.6. The van der Waals surface area contributed by atoms with E-state index in [1.165, 1.54) is 5.56 Å². The first-order chi connectivity index (χ1) is 9.89. The summed E-state index contributed by atoms with van der Waals surface area (Å²) in [6, 6.07) is 6.26. The number of amides is 1. The molecule has 21 heavy (non-hydrogen) atoms. The molecule has 4 atom stereocenters. The summed E-state index contributed by atoms with van der Waals surface area (Å²) < 4.78 is 0. The zero-order valence-corrected chi connectivity index (χ0v) is 12.6. The predicted octanol–water partition coefficient (Wildman–Crippen LogP) is 2.81. The third-order valence-electron chi connectivity index (χ3n) is 6.44. The van der Waals surface area contributed by atoms with E-state index in [2.05, 4.69) is 32.0 Å². The second-order valence-electron chi connectivity index (χ2n) is 7.58. The first-order valence-corrected chi connectivity index (χ1v) is 7.81. The van der Waals surface area contributed by atoms with Crippen molar-refractivity contribution in [2.45, 2.75) is 51.4 Å². The maximum Gasteiger partial charge on any atom is 0.225 e. The van der Waals surface area contributed by atoms with E-state index in [0.29, 0.717) is 18.1 Å². The predicted molar refractivity (Wildman–Crippen MR) is 79.9 cm³/mol. The summed E-state index contributed by atoms with van der Waals surface area (Å²) in [6.45, 7) is 4.13. The SMILES string of the molecule is Cc1cccc2c1C(C(N)=O)C13CC(=O)C(C)(CCC21)C3. The second kappa shape index (κ2) is 3.76. The molecule has 3 nitrogen and oxygen atoms in total. The van der Waals surface area contributed by atoms with Gasteiger partial charge in [-0.3, -0.25) is 9.59 Å². The number of carbonyl (C=O) groups excluding carboxylic acids is 2. The van der Waals surface area contributed by atoms with Gasteiger partial charge < -0.3 is 5.73 Å². The van der Waals surface area contributed by atoms with Crippen LogP contribution in [0.5, 0.6) is 0 Å². The molecular weight excluding hydrogens is 262 g/mol. The Bertz CT molecular complexity index is 680. The highest BCUT2D eigenvalue weighted by Crippen LogP contribution is 2.71. The number of Topliss-reactive ketones (excluding diaryl/α,β-unsaturated/α-hetero) is 1. The van der Waals surface area contributed by atoms with Gasteiger partial charge >= 0.3 is 0 Å². The van der Waals surface area contributed by atoms with Crippen molar-refractivity contribution in [3.63, 3.8) is 0 Å². The van der Waals surface area contributed by atoms with Crippen molar-refractivity contribution in [1.29, 1.82) is 0 Å². The average molecular weight is 283 g/mol. The lowest BCUT2D eigenvalue weighted by atomic mass is 9.61. The van der Waals surface area contributed by atoms with Crippen LogP contribution in [0.2, 0.25) is 0 Å². The topological polar surface area (TPSA) is 60.2 Å². The average Bonchev–Trinajstić information content (AvgIpc) is 2.79. The van der Waals surface area contributed by atoms with Gasteiger partial charge in [-0.15, -0.1) is 0 Å². The molecule has 1 aromatic rings. The fraction of sp³-hybridized carbons (Fsp3) is 0.556. The molecule has 1 spiro atoms. The Morgan fingerprint density at radius 1 is 1.38 bits per heavy atom. The summed E-state index contributed by atoms with van der Waals surface area (Å²) in [5.41, 5.74) is 8.86. The molecule has 0 saturated heterocycles. The lowest BCUT2D eigenvalue weighted by Crippen LogP contribution is -2.38. The van der Waals surface area contributed by atoms with Crippen molar-refractivity contribution in [2.24, 2.45) is 16.6 Å². The van der Waals surface area contributed by atoms with Crippen molar-refractivity contribution >= 4 is 11.7 Å².